The smallest absolute Gasteiger partial charge is 0.308 e. The van der Waals surface area contributed by atoms with Crippen LogP contribution in [0.2, 0.25) is 0 Å². The standard InChI is InChI=1S/C13H17NO4/c1-7-4-5-10(11(15)6-7)12(16)14-9(3)8(2)13(17)18/h4-6,8-9,15H,1-3H3,(H,14,16)(H,17,18). The van der Waals surface area contributed by atoms with Crippen LogP contribution in [0.5, 0.6) is 5.75 Å². The van der Waals surface area contributed by atoms with E-state index in [0.717, 1.165) is 5.56 Å². The second-order valence-corrected chi connectivity index (χ2v) is 4.41. The minimum absolute atomic E-state index is 0.109. The third-order valence-electron chi connectivity index (χ3n) is 2.90. The first-order valence-electron chi connectivity index (χ1n) is 5.66. The van der Waals surface area contributed by atoms with Gasteiger partial charge in [0.25, 0.3) is 5.91 Å². The average Bonchev–Trinajstić information content (AvgIpc) is 2.27. The van der Waals surface area contributed by atoms with Gasteiger partial charge in [-0.1, -0.05) is 6.07 Å². The molecule has 0 aliphatic rings. The fourth-order valence-electron chi connectivity index (χ4n) is 1.46. The van der Waals surface area contributed by atoms with Gasteiger partial charge in [0, 0.05) is 6.04 Å². The molecule has 5 heteroatoms. The van der Waals surface area contributed by atoms with Crippen molar-refractivity contribution in [2.75, 3.05) is 0 Å². The lowest BCUT2D eigenvalue weighted by atomic mass is 10.0. The number of aromatic hydroxyl groups is 1. The highest BCUT2D eigenvalue weighted by Crippen LogP contribution is 2.18. The Hall–Kier alpha value is -2.04. The number of hydrogen-bond donors (Lipinski definition) is 3. The second-order valence-electron chi connectivity index (χ2n) is 4.41. The molecule has 0 aromatic heterocycles. The summed E-state index contributed by atoms with van der Waals surface area (Å²) in [4.78, 5) is 22.6. The lowest BCUT2D eigenvalue weighted by Crippen LogP contribution is -2.40. The largest absolute Gasteiger partial charge is 0.507 e. The van der Waals surface area contributed by atoms with E-state index in [0.29, 0.717) is 0 Å². The topological polar surface area (TPSA) is 86.6 Å². The number of phenols is 1. The zero-order chi connectivity index (χ0) is 13.9. The molecule has 2 unspecified atom stereocenters. The summed E-state index contributed by atoms with van der Waals surface area (Å²) in [5, 5.41) is 21.0. The van der Waals surface area contributed by atoms with Crippen LogP contribution in [-0.2, 0) is 4.79 Å². The summed E-state index contributed by atoms with van der Waals surface area (Å²) in [6.45, 7) is 4.93. The first-order valence-corrected chi connectivity index (χ1v) is 5.66. The number of amides is 1. The molecule has 0 aliphatic heterocycles. The fraction of sp³-hybridized carbons (Fsp3) is 0.385. The molecular weight excluding hydrogens is 234 g/mol. The van der Waals surface area contributed by atoms with E-state index in [4.69, 9.17) is 5.11 Å². The molecule has 5 nitrogen and oxygen atoms in total. The van der Waals surface area contributed by atoms with Gasteiger partial charge in [0.15, 0.2) is 0 Å². The highest BCUT2D eigenvalue weighted by Gasteiger charge is 2.22. The molecule has 3 N–H and O–H groups in total. The number of carboxylic acids is 1. The van der Waals surface area contributed by atoms with Gasteiger partial charge in [0.1, 0.15) is 5.75 Å². The Morgan fingerprint density at radius 3 is 2.39 bits per heavy atom. The van der Waals surface area contributed by atoms with E-state index in [2.05, 4.69) is 5.32 Å². The van der Waals surface area contributed by atoms with E-state index in [1.54, 1.807) is 19.9 Å². The van der Waals surface area contributed by atoms with Gasteiger partial charge in [-0.15, -0.1) is 0 Å². The number of aryl methyl sites for hydroxylation is 1. The van der Waals surface area contributed by atoms with E-state index < -0.39 is 23.8 Å². The molecule has 1 rings (SSSR count). The maximum atomic E-state index is 11.9. The van der Waals surface area contributed by atoms with Crippen molar-refractivity contribution in [3.63, 3.8) is 0 Å². The van der Waals surface area contributed by atoms with Crippen LogP contribution in [0.15, 0.2) is 18.2 Å². The summed E-state index contributed by atoms with van der Waals surface area (Å²) in [7, 11) is 0. The Morgan fingerprint density at radius 2 is 1.89 bits per heavy atom. The molecule has 2 atom stereocenters. The van der Waals surface area contributed by atoms with E-state index in [-0.39, 0.29) is 11.3 Å². The molecule has 0 radical (unpaired) electrons. The maximum Gasteiger partial charge on any atom is 0.308 e. The molecule has 1 aromatic carbocycles. The molecule has 0 bridgehead atoms. The fourth-order valence-corrected chi connectivity index (χ4v) is 1.46. The second kappa shape index (κ2) is 5.53. The molecule has 98 valence electrons. The minimum atomic E-state index is -0.976. The highest BCUT2D eigenvalue weighted by molar-refractivity contribution is 5.97. The van der Waals surface area contributed by atoms with Crippen LogP contribution >= 0.6 is 0 Å². The Morgan fingerprint density at radius 1 is 1.28 bits per heavy atom. The first-order chi connectivity index (χ1) is 8.32. The molecule has 0 spiro atoms. The maximum absolute atomic E-state index is 11.9. The number of carbonyl (C=O) groups is 2. The molecule has 1 aromatic rings. The van der Waals surface area contributed by atoms with E-state index in [1.165, 1.54) is 19.1 Å². The van der Waals surface area contributed by atoms with E-state index >= 15 is 0 Å². The SMILES string of the molecule is Cc1ccc(C(=O)NC(C)C(C)C(=O)O)c(O)c1. The summed E-state index contributed by atoms with van der Waals surface area (Å²) in [6.07, 6.45) is 0. The number of nitrogens with one attached hydrogen (secondary N) is 1. The van der Waals surface area contributed by atoms with Crippen LogP contribution in [0, 0.1) is 12.8 Å². The van der Waals surface area contributed by atoms with Crippen molar-refractivity contribution in [3.05, 3.63) is 29.3 Å². The number of aliphatic carboxylic acids is 1. The minimum Gasteiger partial charge on any atom is -0.507 e. The van der Waals surface area contributed by atoms with Crippen molar-refractivity contribution in [3.8, 4) is 5.75 Å². The average molecular weight is 251 g/mol. The normalized spacial score (nSPS) is 13.7. The van der Waals surface area contributed by atoms with Crippen molar-refractivity contribution >= 4 is 11.9 Å². The van der Waals surface area contributed by atoms with Gasteiger partial charge in [-0.05, 0) is 38.5 Å². The number of phenolic OH excluding ortho intramolecular Hbond substituents is 1. The van der Waals surface area contributed by atoms with Gasteiger partial charge in [0.2, 0.25) is 0 Å². The zero-order valence-electron chi connectivity index (χ0n) is 10.6. The first kappa shape index (κ1) is 14.0. The van der Waals surface area contributed by atoms with Crippen LogP contribution in [0.3, 0.4) is 0 Å². The molecule has 0 aliphatic carbocycles. The molecule has 1 amide bonds. The van der Waals surface area contributed by atoms with Crippen LogP contribution in [0.25, 0.3) is 0 Å². The number of benzene rings is 1. The summed E-state index contributed by atoms with van der Waals surface area (Å²) in [5.74, 6) is -2.26. The van der Waals surface area contributed by atoms with Gasteiger partial charge in [-0.3, -0.25) is 9.59 Å². The van der Waals surface area contributed by atoms with Crippen LogP contribution in [0.1, 0.15) is 29.8 Å². The van der Waals surface area contributed by atoms with E-state index in [1.807, 2.05) is 0 Å². The molecule has 0 saturated carbocycles. The molecular formula is C13H17NO4. The monoisotopic (exact) mass is 251 g/mol. The zero-order valence-corrected chi connectivity index (χ0v) is 10.6. The van der Waals surface area contributed by atoms with Gasteiger partial charge in [0.05, 0.1) is 11.5 Å². The van der Waals surface area contributed by atoms with Crippen molar-refractivity contribution in [2.24, 2.45) is 5.92 Å². The Labute approximate surface area is 105 Å². The van der Waals surface area contributed by atoms with Crippen molar-refractivity contribution in [1.82, 2.24) is 5.32 Å². The Balaban J connectivity index is 2.79. The quantitative estimate of drug-likeness (QED) is 0.757. The van der Waals surface area contributed by atoms with Gasteiger partial charge in [-0.25, -0.2) is 0 Å². The third-order valence-corrected chi connectivity index (χ3v) is 2.90. The predicted octanol–water partition coefficient (Wildman–Crippen LogP) is 1.54. The third kappa shape index (κ3) is 3.23. The number of rotatable bonds is 4. The van der Waals surface area contributed by atoms with E-state index in [9.17, 15) is 14.7 Å². The Kier molecular flexibility index (Phi) is 4.31. The number of hydrogen-bond acceptors (Lipinski definition) is 3. The van der Waals surface area contributed by atoms with Crippen LogP contribution in [-0.4, -0.2) is 28.1 Å². The lowest BCUT2D eigenvalue weighted by molar-refractivity contribution is -0.141. The molecule has 0 saturated heterocycles. The van der Waals surface area contributed by atoms with Crippen molar-refractivity contribution in [1.29, 1.82) is 0 Å². The summed E-state index contributed by atoms with van der Waals surface area (Å²) in [5.41, 5.74) is 0.987. The molecule has 0 heterocycles. The predicted molar refractivity (Wildman–Crippen MR) is 66.6 cm³/mol. The number of carbonyl (C=O) groups excluding carboxylic acids is 1. The van der Waals surface area contributed by atoms with Crippen LogP contribution in [0.4, 0.5) is 0 Å². The lowest BCUT2D eigenvalue weighted by Gasteiger charge is -2.18. The molecule has 0 fully saturated rings. The number of carboxylic acid groups (broad SMARTS) is 1. The van der Waals surface area contributed by atoms with Gasteiger partial charge >= 0.3 is 5.97 Å². The van der Waals surface area contributed by atoms with Gasteiger partial charge in [-0.2, -0.15) is 0 Å². The van der Waals surface area contributed by atoms with Crippen molar-refractivity contribution < 1.29 is 19.8 Å². The summed E-state index contributed by atoms with van der Waals surface area (Å²) in [6, 6.07) is 4.19. The molecule has 18 heavy (non-hydrogen) atoms. The Bertz CT molecular complexity index is 470. The summed E-state index contributed by atoms with van der Waals surface area (Å²) < 4.78 is 0. The van der Waals surface area contributed by atoms with Crippen LogP contribution < -0.4 is 5.32 Å². The summed E-state index contributed by atoms with van der Waals surface area (Å²) >= 11 is 0. The highest BCUT2D eigenvalue weighted by atomic mass is 16.4. The van der Waals surface area contributed by atoms with Crippen molar-refractivity contribution in [2.45, 2.75) is 26.8 Å². The van der Waals surface area contributed by atoms with Gasteiger partial charge < -0.3 is 15.5 Å².